The minimum atomic E-state index is -5.57. The van der Waals surface area contributed by atoms with Crippen LogP contribution in [0.5, 0.6) is 0 Å². The molecule has 0 saturated carbocycles. The largest absolute Gasteiger partial charge is 0.480 e. The van der Waals surface area contributed by atoms with E-state index in [0.29, 0.717) is 0 Å². The third-order valence-corrected chi connectivity index (χ3v) is 19.7. The van der Waals surface area contributed by atoms with Crippen LogP contribution in [0.4, 0.5) is 17.7 Å². The van der Waals surface area contributed by atoms with Crippen molar-refractivity contribution >= 4 is 116 Å². The Balaban J connectivity index is 0.862. The molecule has 43 heteroatoms. The van der Waals surface area contributed by atoms with Crippen molar-refractivity contribution in [3.8, 4) is 0 Å². The summed E-state index contributed by atoms with van der Waals surface area (Å²) < 4.78 is 99.7. The van der Waals surface area contributed by atoms with E-state index in [1.165, 1.54) is 40.5 Å². The fourth-order valence-electron chi connectivity index (χ4n) is 8.29. The van der Waals surface area contributed by atoms with Crippen molar-refractivity contribution in [3.63, 3.8) is 0 Å². The minimum Gasteiger partial charge on any atom is -0.387 e. The second-order valence-corrected chi connectivity index (χ2v) is 26.8. The zero-order valence-corrected chi connectivity index (χ0v) is 44.1. The number of rotatable bonds is 19. The minimum absolute atomic E-state index is 0.0160. The van der Waals surface area contributed by atoms with E-state index in [-0.39, 0.29) is 51.2 Å². The van der Waals surface area contributed by atoms with Crippen LogP contribution >= 0.6 is 52.6 Å². The summed E-state index contributed by atoms with van der Waals surface area (Å²) >= 11 is 12.8. The Morgan fingerprint density at radius 3 is 1.92 bits per heavy atom. The molecule has 9 rings (SSSR count). The molecule has 6 aromatic rings. The van der Waals surface area contributed by atoms with E-state index in [4.69, 9.17) is 70.4 Å². The molecule has 14 N–H and O–H groups in total. The number of phosphoric acid groups is 1. The lowest BCUT2D eigenvalue weighted by molar-refractivity contribution is -0.646. The maximum Gasteiger partial charge on any atom is 0.480 e. The van der Waals surface area contributed by atoms with E-state index in [9.17, 15) is 53.5 Å². The van der Waals surface area contributed by atoms with Gasteiger partial charge in [0, 0.05) is 7.11 Å². The number of hydrogen-bond donors (Lipinski definition) is 13. The van der Waals surface area contributed by atoms with Gasteiger partial charge in [0.25, 0.3) is 16.7 Å². The van der Waals surface area contributed by atoms with Gasteiger partial charge in [-0.25, -0.2) is 42.5 Å². The normalized spacial score (nSPS) is 30.5. The molecule has 3 fully saturated rings. The Bertz CT molecular complexity index is 3480. The van der Waals surface area contributed by atoms with Crippen LogP contribution in [0, 0.1) is 0 Å². The number of thiol groups is 2. The fraction of sp³-hybridized carbons (Fsp3) is 0.531. The van der Waals surface area contributed by atoms with Crippen LogP contribution in [0.2, 0.25) is 0 Å². The first-order chi connectivity index (χ1) is 35.2. The molecule has 0 spiro atoms. The van der Waals surface area contributed by atoms with Gasteiger partial charge < -0.3 is 70.9 Å². The van der Waals surface area contributed by atoms with E-state index in [1.807, 2.05) is 0 Å². The average Bonchev–Trinajstić information content (AvgIpc) is 4.17. The highest BCUT2D eigenvalue weighted by atomic mass is 32.7. The molecule has 0 aliphatic carbocycles. The number of aromatic amines is 2. The third kappa shape index (κ3) is 11.4. The van der Waals surface area contributed by atoms with Gasteiger partial charge in [0.2, 0.25) is 24.5 Å². The van der Waals surface area contributed by atoms with Crippen LogP contribution in [0.3, 0.4) is 0 Å². The summed E-state index contributed by atoms with van der Waals surface area (Å²) in [5.74, 6) is -0.562. The summed E-state index contributed by atoms with van der Waals surface area (Å²) in [6.07, 6.45) is -13.7. The zero-order valence-electron chi connectivity index (χ0n) is 38.0. The summed E-state index contributed by atoms with van der Waals surface area (Å²) in [5.41, 5.74) is 16.0. The second-order valence-electron chi connectivity index (χ2n) is 16.5. The van der Waals surface area contributed by atoms with Crippen LogP contribution in [0.1, 0.15) is 18.7 Å². The lowest BCUT2D eigenvalue weighted by atomic mass is 10.1. The Hall–Kier alpha value is -3.95. The number of methoxy groups -OCH3 is 1. The summed E-state index contributed by atoms with van der Waals surface area (Å²) in [6.45, 7) is -17.6. The van der Waals surface area contributed by atoms with Gasteiger partial charge in [-0.2, -0.15) is 18.8 Å². The van der Waals surface area contributed by atoms with Crippen LogP contribution in [-0.4, -0.2) is 166 Å². The molecular weight excluding hydrogens is 1150 g/mol. The number of hydrogen-bond acceptors (Lipinski definition) is 29. The van der Waals surface area contributed by atoms with Gasteiger partial charge in [-0.1, -0.05) is 24.5 Å². The summed E-state index contributed by atoms with van der Waals surface area (Å²) in [4.78, 5) is 75.8. The van der Waals surface area contributed by atoms with E-state index in [2.05, 4.69) is 68.7 Å². The maximum absolute atomic E-state index is 13.7. The van der Waals surface area contributed by atoms with E-state index < -0.39 is 133 Å². The summed E-state index contributed by atoms with van der Waals surface area (Å²) in [5, 5.41) is 43.5. The Labute approximate surface area is 432 Å². The standard InChI is InChI=1S/C32H43N15O21P4S3/c1-44-9-47(25-15(44)27(53)43-32(35)41-25)29-19(51)16(48)10(64-29)3-60-69(54,55)67-72(58,75)68-71(57,74)62-5-12-20(21(59-2)30(65-12)45-7-38-13-22(33)36-6-37-23(13)45)66-70(56,73)61-4-11-17(49)18(50)28(63-11)46-8-39-14-24(46)40-31(34)42-26(14)52/h6-12,16-21,28-30,48-51H,3-5H2,1-2H3,(H11-,33,34,35,36,37,40,41,42,43,52,53,54,55,56,57,58,73,74,75)/p+1. The van der Waals surface area contributed by atoms with Gasteiger partial charge in [-0.05, 0) is 11.8 Å². The highest BCUT2D eigenvalue weighted by Gasteiger charge is 2.53. The molecule has 75 heavy (non-hydrogen) atoms. The average molecular weight is 1190 g/mol. The number of nitrogen functional groups attached to an aromatic ring is 3. The molecule has 3 aliphatic rings. The predicted molar refractivity (Wildman–Crippen MR) is 259 cm³/mol. The Morgan fingerprint density at radius 2 is 1.27 bits per heavy atom. The van der Waals surface area contributed by atoms with Crippen LogP contribution in [0.15, 0.2) is 34.9 Å². The highest BCUT2D eigenvalue weighted by molar-refractivity contribution is 8.50. The number of nitrogens with zero attached hydrogens (tertiary/aromatic N) is 10. The number of nitrogens with one attached hydrogen (secondary N) is 2. The summed E-state index contributed by atoms with van der Waals surface area (Å²) in [6, 6.07) is 0. The molecule has 0 bridgehead atoms. The highest BCUT2D eigenvalue weighted by Crippen LogP contribution is 2.74. The SMILES string of the molecule is COC1C(OP(O)(=S)OCC2OC(n3cnc4c(=O)[nH]c(N)nc43)C(O)C2O)C(COP(=O)(S)OP(=O)(S)OP(=O)(O)OCC2OC(n3c[n+](C)c4c(=O)[nH]c(N)nc43)C(O)C2O)OC1n1cnc2c(N)ncnc21. The topological polar surface area (TPSA) is 505 Å². The molecule has 16 atom stereocenters. The predicted octanol–water partition coefficient (Wildman–Crippen LogP) is -2.72. The number of aryl methyl sites for hydroxylation is 1. The van der Waals surface area contributed by atoms with Gasteiger partial charge in [-0.15, -0.1) is 0 Å². The maximum atomic E-state index is 13.7. The first kappa shape index (κ1) is 55.8. The fourth-order valence-corrected chi connectivity index (χ4v) is 16.5. The van der Waals surface area contributed by atoms with Crippen LogP contribution in [0.25, 0.3) is 33.5 Å². The molecule has 0 amide bonds. The quantitative estimate of drug-likeness (QED) is 0.0223. The molecule has 0 aromatic carbocycles. The Kier molecular flexibility index (Phi) is 15.6. The van der Waals surface area contributed by atoms with Crippen molar-refractivity contribution in [2.75, 3.05) is 44.1 Å². The molecule has 3 saturated heterocycles. The number of H-pyrrole nitrogens is 2. The van der Waals surface area contributed by atoms with Crippen molar-refractivity contribution < 1.29 is 94.1 Å². The Morgan fingerprint density at radius 1 is 0.707 bits per heavy atom. The van der Waals surface area contributed by atoms with Crippen molar-refractivity contribution in [3.05, 3.63) is 46.0 Å². The summed E-state index contributed by atoms with van der Waals surface area (Å²) in [7, 11) is -2.88. The number of anilines is 3. The number of phosphoric ester groups is 1. The van der Waals surface area contributed by atoms with Crippen molar-refractivity contribution in [1.82, 2.24) is 53.6 Å². The number of aliphatic hydroxyl groups excluding tert-OH is 4. The first-order valence-corrected chi connectivity index (χ1v) is 30.6. The molecule has 16 unspecified atom stereocenters. The van der Waals surface area contributed by atoms with Crippen molar-refractivity contribution in [1.29, 1.82) is 0 Å². The lowest BCUT2D eigenvalue weighted by Crippen LogP contribution is -2.37. The van der Waals surface area contributed by atoms with Crippen LogP contribution in [-0.2, 0) is 78.2 Å². The van der Waals surface area contributed by atoms with E-state index in [1.54, 1.807) is 0 Å². The number of aromatic nitrogens is 12. The molecular formula is C32H44N15O21P4S3+. The van der Waals surface area contributed by atoms with Gasteiger partial charge in [0.15, 0.2) is 35.1 Å². The third-order valence-electron chi connectivity index (χ3n) is 11.6. The van der Waals surface area contributed by atoms with Crippen molar-refractivity contribution in [2.24, 2.45) is 7.05 Å². The molecule has 3 aliphatic heterocycles. The number of imidazole rings is 3. The number of ether oxygens (including phenoxy) is 4. The molecule has 0 radical (unpaired) electrons. The van der Waals surface area contributed by atoms with E-state index in [0.717, 1.165) is 17.2 Å². The molecule has 9 heterocycles. The van der Waals surface area contributed by atoms with Crippen LogP contribution < -0.4 is 32.9 Å². The molecule has 6 aromatic heterocycles. The number of aliphatic hydroxyl groups is 4. The zero-order chi connectivity index (χ0) is 54.3. The molecule has 36 nitrogen and oxygen atoms in total. The van der Waals surface area contributed by atoms with E-state index >= 15 is 0 Å². The van der Waals surface area contributed by atoms with Gasteiger partial charge in [-0.3, -0.25) is 42.3 Å². The smallest absolute Gasteiger partial charge is 0.387 e. The van der Waals surface area contributed by atoms with Gasteiger partial charge >= 0.3 is 33.7 Å². The van der Waals surface area contributed by atoms with Gasteiger partial charge in [0.05, 0.1) is 39.5 Å². The monoisotopic (exact) mass is 1190 g/mol. The first-order valence-electron chi connectivity index (χ1n) is 21.2. The molecule has 410 valence electrons. The van der Waals surface area contributed by atoms with Crippen molar-refractivity contribution in [2.45, 2.75) is 73.6 Å². The van der Waals surface area contributed by atoms with Gasteiger partial charge in [0.1, 0.15) is 66.8 Å². The number of fused-ring (bicyclic) bond motifs is 3. The lowest BCUT2D eigenvalue weighted by Gasteiger charge is -2.28. The number of nitrogens with two attached hydrogens (primary N) is 3. The second kappa shape index (κ2) is 21.0.